The van der Waals surface area contributed by atoms with Crippen LogP contribution in [0.5, 0.6) is 5.75 Å². The van der Waals surface area contributed by atoms with Crippen molar-refractivity contribution in [1.82, 2.24) is 4.98 Å². The maximum atomic E-state index is 13.3. The number of benzene rings is 2. The molecule has 0 spiro atoms. The minimum absolute atomic E-state index is 0.182. The van der Waals surface area contributed by atoms with Crippen molar-refractivity contribution in [2.45, 2.75) is 13.5 Å². The van der Waals surface area contributed by atoms with Crippen LogP contribution >= 0.6 is 22.9 Å². The van der Waals surface area contributed by atoms with Crippen molar-refractivity contribution in [1.29, 1.82) is 0 Å². The summed E-state index contributed by atoms with van der Waals surface area (Å²) >= 11 is 7.68. The van der Waals surface area contributed by atoms with Gasteiger partial charge in [0.25, 0.3) is 5.91 Å². The Labute approximate surface area is 171 Å². The topological polar surface area (TPSA) is 55.6 Å². The summed E-state index contributed by atoms with van der Waals surface area (Å²) < 4.78 is 11.7. The van der Waals surface area contributed by atoms with Gasteiger partial charge in [0, 0.05) is 10.6 Å². The third kappa shape index (κ3) is 3.48. The Morgan fingerprint density at radius 1 is 1.25 bits per heavy atom. The van der Waals surface area contributed by atoms with E-state index in [1.165, 1.54) is 11.3 Å². The first kappa shape index (κ1) is 18.5. The average Bonchev–Trinajstić information content (AvgIpc) is 3.38. The molecule has 0 aliphatic carbocycles. The van der Waals surface area contributed by atoms with Gasteiger partial charge in [-0.05, 0) is 55.0 Å². The zero-order valence-corrected chi connectivity index (χ0v) is 16.9. The number of thiazole rings is 1. The van der Waals surface area contributed by atoms with Crippen molar-refractivity contribution >= 4 is 44.2 Å². The van der Waals surface area contributed by atoms with E-state index in [0.29, 0.717) is 27.2 Å². The zero-order chi connectivity index (χ0) is 19.7. The molecule has 0 aliphatic rings. The van der Waals surface area contributed by atoms with Crippen LogP contribution in [-0.4, -0.2) is 18.0 Å². The van der Waals surface area contributed by atoms with E-state index in [1.54, 1.807) is 48.6 Å². The van der Waals surface area contributed by atoms with Crippen LogP contribution in [0.3, 0.4) is 0 Å². The van der Waals surface area contributed by atoms with E-state index < -0.39 is 0 Å². The number of aryl methyl sites for hydroxylation is 1. The lowest BCUT2D eigenvalue weighted by molar-refractivity contribution is 0.0983. The number of aromatic nitrogens is 1. The normalized spacial score (nSPS) is 11.0. The van der Waals surface area contributed by atoms with E-state index in [0.717, 1.165) is 15.8 Å². The predicted molar refractivity (Wildman–Crippen MR) is 112 cm³/mol. The number of nitrogens with zero attached hydrogens (tertiary/aromatic N) is 2. The number of anilines is 1. The minimum atomic E-state index is -0.182. The van der Waals surface area contributed by atoms with E-state index in [2.05, 4.69) is 0 Å². The lowest BCUT2D eigenvalue weighted by Crippen LogP contribution is -2.30. The van der Waals surface area contributed by atoms with Gasteiger partial charge in [0.15, 0.2) is 5.13 Å². The molecule has 0 saturated carbocycles. The number of furan rings is 1. The second-order valence-corrected chi connectivity index (χ2v) is 7.63. The Morgan fingerprint density at radius 2 is 2.11 bits per heavy atom. The Morgan fingerprint density at radius 3 is 2.86 bits per heavy atom. The number of fused-ring (bicyclic) bond motifs is 1. The van der Waals surface area contributed by atoms with Gasteiger partial charge in [-0.2, -0.15) is 0 Å². The molecule has 2 aromatic carbocycles. The number of hydrogen-bond donors (Lipinski definition) is 0. The fraction of sp³-hybridized carbons (Fsp3) is 0.143. The molecule has 142 valence electrons. The van der Waals surface area contributed by atoms with Gasteiger partial charge in [-0.1, -0.05) is 29.0 Å². The third-order valence-corrected chi connectivity index (χ3v) is 5.88. The van der Waals surface area contributed by atoms with Gasteiger partial charge in [-0.3, -0.25) is 9.69 Å². The van der Waals surface area contributed by atoms with Gasteiger partial charge >= 0.3 is 0 Å². The largest absolute Gasteiger partial charge is 0.497 e. The third-order valence-electron chi connectivity index (χ3n) is 4.42. The molecule has 28 heavy (non-hydrogen) atoms. The SMILES string of the molecule is COc1cccc(C(=O)N(Cc2ccco2)c2nc3c(C)c(Cl)ccc3s2)c1. The Balaban J connectivity index is 1.79. The molecule has 4 rings (SSSR count). The number of ether oxygens (including phenoxy) is 1. The molecule has 0 saturated heterocycles. The lowest BCUT2D eigenvalue weighted by Gasteiger charge is -2.19. The van der Waals surface area contributed by atoms with E-state index in [4.69, 9.17) is 25.7 Å². The van der Waals surface area contributed by atoms with Crippen LogP contribution in [-0.2, 0) is 6.54 Å². The van der Waals surface area contributed by atoms with Gasteiger partial charge in [0.05, 0.1) is 30.1 Å². The van der Waals surface area contributed by atoms with Crippen molar-refractivity contribution in [3.8, 4) is 5.75 Å². The number of rotatable bonds is 5. The summed E-state index contributed by atoms with van der Waals surface area (Å²) in [4.78, 5) is 19.7. The smallest absolute Gasteiger partial charge is 0.260 e. The molecular formula is C21H17ClN2O3S. The van der Waals surface area contributed by atoms with Crippen LogP contribution in [0, 0.1) is 6.92 Å². The van der Waals surface area contributed by atoms with E-state index in [-0.39, 0.29) is 12.5 Å². The Kier molecular flexibility index (Phi) is 5.07. The highest BCUT2D eigenvalue weighted by molar-refractivity contribution is 7.22. The van der Waals surface area contributed by atoms with Crippen molar-refractivity contribution in [3.05, 3.63) is 76.7 Å². The molecule has 0 atom stereocenters. The van der Waals surface area contributed by atoms with Gasteiger partial charge < -0.3 is 9.15 Å². The minimum Gasteiger partial charge on any atom is -0.497 e. The van der Waals surface area contributed by atoms with Gasteiger partial charge in [-0.25, -0.2) is 4.98 Å². The summed E-state index contributed by atoms with van der Waals surface area (Å²) in [7, 11) is 1.57. The summed E-state index contributed by atoms with van der Waals surface area (Å²) in [5.74, 6) is 1.11. The highest BCUT2D eigenvalue weighted by Gasteiger charge is 2.23. The number of halogens is 1. The van der Waals surface area contributed by atoms with Gasteiger partial charge in [-0.15, -0.1) is 0 Å². The fourth-order valence-electron chi connectivity index (χ4n) is 2.90. The Bertz CT molecular complexity index is 1140. The summed E-state index contributed by atoms with van der Waals surface area (Å²) in [6, 6.07) is 14.5. The molecule has 2 aromatic heterocycles. The monoisotopic (exact) mass is 412 g/mol. The van der Waals surface area contributed by atoms with Crippen LogP contribution in [0.4, 0.5) is 5.13 Å². The first-order valence-electron chi connectivity index (χ1n) is 8.61. The van der Waals surface area contributed by atoms with Gasteiger partial charge in [0.1, 0.15) is 11.5 Å². The molecule has 0 fully saturated rings. The molecule has 1 amide bonds. The number of amides is 1. The van der Waals surface area contributed by atoms with E-state index in [9.17, 15) is 4.79 Å². The van der Waals surface area contributed by atoms with Crippen LogP contribution in [0.1, 0.15) is 21.7 Å². The first-order valence-corrected chi connectivity index (χ1v) is 9.80. The molecule has 5 nitrogen and oxygen atoms in total. The summed E-state index contributed by atoms with van der Waals surface area (Å²) in [6.07, 6.45) is 1.59. The molecule has 0 N–H and O–H groups in total. The summed E-state index contributed by atoms with van der Waals surface area (Å²) in [5, 5.41) is 1.24. The lowest BCUT2D eigenvalue weighted by atomic mass is 10.2. The van der Waals surface area contributed by atoms with Crippen molar-refractivity contribution < 1.29 is 13.9 Å². The summed E-state index contributed by atoms with van der Waals surface area (Å²) in [5.41, 5.74) is 2.21. The molecule has 2 heterocycles. The number of carbonyl (C=O) groups is 1. The predicted octanol–water partition coefficient (Wildman–Crippen LogP) is 5.71. The van der Waals surface area contributed by atoms with Crippen molar-refractivity contribution in [3.63, 3.8) is 0 Å². The quantitative estimate of drug-likeness (QED) is 0.421. The van der Waals surface area contributed by atoms with Crippen LogP contribution in [0.25, 0.3) is 10.2 Å². The first-order chi connectivity index (χ1) is 13.6. The molecule has 0 radical (unpaired) electrons. The fourth-order valence-corrected chi connectivity index (χ4v) is 4.08. The van der Waals surface area contributed by atoms with Crippen LogP contribution in [0.2, 0.25) is 5.02 Å². The summed E-state index contributed by atoms with van der Waals surface area (Å²) in [6.45, 7) is 2.20. The Hall–Kier alpha value is -2.83. The number of hydrogen-bond acceptors (Lipinski definition) is 5. The second kappa shape index (κ2) is 7.66. The van der Waals surface area contributed by atoms with Crippen molar-refractivity contribution in [2.75, 3.05) is 12.0 Å². The average molecular weight is 413 g/mol. The molecule has 0 aliphatic heterocycles. The van der Waals surface area contributed by atoms with Crippen LogP contribution < -0.4 is 9.64 Å². The number of carbonyl (C=O) groups excluding carboxylic acids is 1. The highest BCUT2D eigenvalue weighted by atomic mass is 35.5. The maximum Gasteiger partial charge on any atom is 0.260 e. The second-order valence-electron chi connectivity index (χ2n) is 6.22. The molecule has 7 heteroatoms. The molecular weight excluding hydrogens is 396 g/mol. The molecule has 0 bridgehead atoms. The van der Waals surface area contributed by atoms with E-state index in [1.807, 2.05) is 25.1 Å². The zero-order valence-electron chi connectivity index (χ0n) is 15.3. The molecule has 4 aromatic rings. The molecule has 0 unspecified atom stereocenters. The van der Waals surface area contributed by atoms with E-state index >= 15 is 0 Å². The van der Waals surface area contributed by atoms with Crippen LogP contribution in [0.15, 0.2) is 59.2 Å². The standard InChI is InChI=1S/C21H17ClN2O3S/c1-13-17(22)8-9-18-19(13)23-21(28-18)24(12-16-7-4-10-27-16)20(25)14-5-3-6-15(11-14)26-2/h3-11H,12H2,1-2H3. The maximum absolute atomic E-state index is 13.3. The van der Waals surface area contributed by atoms with Crippen molar-refractivity contribution in [2.24, 2.45) is 0 Å². The highest BCUT2D eigenvalue weighted by Crippen LogP contribution is 2.35. The van der Waals surface area contributed by atoms with Gasteiger partial charge in [0.2, 0.25) is 0 Å². The number of methoxy groups -OCH3 is 1.